The number of nitrogens with zero attached hydrogens (tertiary/aromatic N) is 4. The van der Waals surface area contributed by atoms with E-state index in [0.29, 0.717) is 23.2 Å². The molecule has 0 radical (unpaired) electrons. The van der Waals surface area contributed by atoms with Crippen molar-refractivity contribution in [3.05, 3.63) is 17.0 Å². The molecule has 0 bridgehead atoms. The van der Waals surface area contributed by atoms with Gasteiger partial charge < -0.3 is 10.1 Å². The van der Waals surface area contributed by atoms with E-state index in [-0.39, 0.29) is 12.3 Å². The summed E-state index contributed by atoms with van der Waals surface area (Å²) in [6.45, 7) is 7.52. The van der Waals surface area contributed by atoms with E-state index in [1.54, 1.807) is 18.4 Å². The first-order chi connectivity index (χ1) is 11.4. The first-order valence-electron chi connectivity index (χ1n) is 7.61. The third-order valence-corrected chi connectivity index (χ3v) is 4.10. The summed E-state index contributed by atoms with van der Waals surface area (Å²) >= 11 is 1.43. The quantitative estimate of drug-likeness (QED) is 0.614. The lowest BCUT2D eigenvalue weighted by atomic mass is 10.1. The second kappa shape index (κ2) is 7.61. The van der Waals surface area contributed by atoms with Crippen LogP contribution in [0.4, 0.5) is 0 Å². The van der Waals surface area contributed by atoms with Crippen LogP contribution in [0.3, 0.4) is 0 Å². The molecule has 2 aromatic heterocycles. The number of esters is 1. The smallest absolute Gasteiger partial charge is 0.311 e. The van der Waals surface area contributed by atoms with Crippen molar-refractivity contribution < 1.29 is 14.3 Å². The van der Waals surface area contributed by atoms with Crippen molar-refractivity contribution in [1.82, 2.24) is 24.9 Å². The maximum absolute atomic E-state index is 12.2. The first-order valence-corrected chi connectivity index (χ1v) is 8.83. The lowest BCUT2D eigenvalue weighted by Gasteiger charge is -2.14. The molecule has 0 unspecified atom stereocenters. The summed E-state index contributed by atoms with van der Waals surface area (Å²) in [4.78, 5) is 32.5. The molecule has 2 aromatic rings. The summed E-state index contributed by atoms with van der Waals surface area (Å²) in [5, 5.41) is 7.58. The van der Waals surface area contributed by atoms with Crippen molar-refractivity contribution in [3.8, 4) is 0 Å². The van der Waals surface area contributed by atoms with Crippen molar-refractivity contribution in [2.45, 2.75) is 45.4 Å². The lowest BCUT2D eigenvalue weighted by molar-refractivity contribution is -0.154. The Labute approximate surface area is 144 Å². The van der Waals surface area contributed by atoms with Crippen LogP contribution in [0.25, 0.3) is 5.78 Å². The zero-order valence-electron chi connectivity index (χ0n) is 14.4. The Morgan fingerprint density at radius 3 is 2.67 bits per heavy atom. The van der Waals surface area contributed by atoms with Gasteiger partial charge >= 0.3 is 5.97 Å². The number of likely N-dealkylation sites (N-methyl/N-ethyl adjacent to an activating group) is 1. The molecule has 1 atom stereocenters. The molecule has 0 fully saturated rings. The molecule has 0 saturated heterocycles. The molecule has 8 nitrogen and oxygen atoms in total. The topological polar surface area (TPSA) is 98.5 Å². The van der Waals surface area contributed by atoms with Gasteiger partial charge in [0.1, 0.15) is 0 Å². The SMILES string of the molecule is CCNC(=O)[C@H](C)OC(=O)Cc1c(C)nc2nc(SC)nn2c1C. The van der Waals surface area contributed by atoms with E-state index in [9.17, 15) is 9.59 Å². The third-order valence-electron chi connectivity index (χ3n) is 3.56. The van der Waals surface area contributed by atoms with Gasteiger partial charge in [-0.3, -0.25) is 9.59 Å². The maximum Gasteiger partial charge on any atom is 0.311 e. The van der Waals surface area contributed by atoms with Crippen LogP contribution in [-0.4, -0.2) is 50.4 Å². The minimum atomic E-state index is -0.829. The molecule has 2 heterocycles. The molecule has 0 saturated carbocycles. The fourth-order valence-electron chi connectivity index (χ4n) is 2.29. The van der Waals surface area contributed by atoms with Crippen LogP contribution in [-0.2, 0) is 20.7 Å². The van der Waals surface area contributed by atoms with Crippen LogP contribution < -0.4 is 5.32 Å². The van der Waals surface area contributed by atoms with Crippen LogP contribution in [0, 0.1) is 13.8 Å². The van der Waals surface area contributed by atoms with Gasteiger partial charge in [0.05, 0.1) is 6.42 Å². The molecule has 24 heavy (non-hydrogen) atoms. The Balaban J connectivity index is 2.20. The fourth-order valence-corrected chi connectivity index (χ4v) is 2.62. The highest BCUT2D eigenvalue weighted by Gasteiger charge is 2.20. The molecule has 0 spiro atoms. The Morgan fingerprint density at radius 1 is 1.33 bits per heavy atom. The standard InChI is InChI=1S/C15H21N5O3S/c1-6-16-13(22)10(4)23-12(21)7-11-8(2)17-14-18-15(24-5)19-20(14)9(11)3/h10H,6-7H2,1-5H3,(H,16,22)/t10-/m0/s1. The maximum atomic E-state index is 12.2. The largest absolute Gasteiger partial charge is 0.452 e. The lowest BCUT2D eigenvalue weighted by Crippen LogP contribution is -2.36. The zero-order valence-corrected chi connectivity index (χ0v) is 15.2. The average Bonchev–Trinajstić information content (AvgIpc) is 2.94. The molecular weight excluding hydrogens is 330 g/mol. The van der Waals surface area contributed by atoms with Crippen LogP contribution in [0.1, 0.15) is 30.8 Å². The van der Waals surface area contributed by atoms with E-state index in [0.717, 1.165) is 11.3 Å². The van der Waals surface area contributed by atoms with Crippen LogP contribution in [0.15, 0.2) is 5.16 Å². The number of nitrogens with one attached hydrogen (secondary N) is 1. The molecule has 0 aliphatic carbocycles. The van der Waals surface area contributed by atoms with Crippen LogP contribution in [0.5, 0.6) is 0 Å². The number of carbonyl (C=O) groups excluding carboxylic acids is 2. The highest BCUT2D eigenvalue weighted by Crippen LogP contribution is 2.17. The van der Waals surface area contributed by atoms with Gasteiger partial charge in [0, 0.05) is 23.5 Å². The van der Waals surface area contributed by atoms with E-state index < -0.39 is 12.1 Å². The molecule has 9 heteroatoms. The fraction of sp³-hybridized carbons (Fsp3) is 0.533. The van der Waals surface area contributed by atoms with Crippen LogP contribution in [0.2, 0.25) is 0 Å². The Bertz CT molecular complexity index is 774. The summed E-state index contributed by atoms with van der Waals surface area (Å²) in [5.74, 6) is -0.290. The monoisotopic (exact) mass is 351 g/mol. The number of amides is 1. The van der Waals surface area contributed by atoms with Gasteiger partial charge in [0.25, 0.3) is 11.7 Å². The second-order valence-corrected chi connectivity index (χ2v) is 6.05. The molecule has 0 aliphatic rings. The molecule has 1 amide bonds. The van der Waals surface area contributed by atoms with Gasteiger partial charge in [0.15, 0.2) is 6.10 Å². The molecule has 130 valence electrons. The number of carbonyl (C=O) groups is 2. The molecule has 0 aliphatic heterocycles. The highest BCUT2D eigenvalue weighted by molar-refractivity contribution is 7.98. The van der Waals surface area contributed by atoms with Crippen molar-refractivity contribution in [1.29, 1.82) is 0 Å². The van der Waals surface area contributed by atoms with Gasteiger partial charge in [-0.2, -0.15) is 4.98 Å². The predicted octanol–water partition coefficient (Wildman–Crippen LogP) is 1.07. The molecule has 0 aromatic carbocycles. The number of hydrogen-bond donors (Lipinski definition) is 1. The summed E-state index contributed by atoms with van der Waals surface area (Å²) < 4.78 is 6.81. The number of aryl methyl sites for hydroxylation is 2. The van der Waals surface area contributed by atoms with Gasteiger partial charge in [-0.05, 0) is 34.0 Å². The minimum Gasteiger partial charge on any atom is -0.452 e. The van der Waals surface area contributed by atoms with Gasteiger partial charge in [0.2, 0.25) is 5.16 Å². The Morgan fingerprint density at radius 2 is 2.04 bits per heavy atom. The number of rotatable bonds is 6. The molecular formula is C15H21N5O3S. The normalized spacial score (nSPS) is 12.2. The van der Waals surface area contributed by atoms with E-state index >= 15 is 0 Å². The highest BCUT2D eigenvalue weighted by atomic mass is 32.2. The first kappa shape index (κ1) is 18.2. The van der Waals surface area contributed by atoms with Crippen molar-refractivity contribution in [3.63, 3.8) is 0 Å². The van der Waals surface area contributed by atoms with E-state index in [2.05, 4.69) is 20.4 Å². The summed E-state index contributed by atoms with van der Waals surface area (Å²) in [7, 11) is 0. The average molecular weight is 351 g/mol. The van der Waals surface area contributed by atoms with E-state index in [1.807, 2.05) is 20.1 Å². The third kappa shape index (κ3) is 3.84. The van der Waals surface area contributed by atoms with E-state index in [1.165, 1.54) is 11.8 Å². The second-order valence-electron chi connectivity index (χ2n) is 5.27. The van der Waals surface area contributed by atoms with Gasteiger partial charge in [-0.25, -0.2) is 9.50 Å². The number of aromatic nitrogens is 4. The summed E-state index contributed by atoms with van der Waals surface area (Å²) in [6, 6.07) is 0. The summed E-state index contributed by atoms with van der Waals surface area (Å²) in [5.41, 5.74) is 2.21. The van der Waals surface area contributed by atoms with Gasteiger partial charge in [-0.15, -0.1) is 5.10 Å². The van der Waals surface area contributed by atoms with Crippen molar-refractivity contribution in [2.75, 3.05) is 12.8 Å². The van der Waals surface area contributed by atoms with E-state index in [4.69, 9.17) is 4.74 Å². The Hall–Kier alpha value is -2.16. The number of fused-ring (bicyclic) bond motifs is 1. The Kier molecular flexibility index (Phi) is 5.76. The number of hydrogen-bond acceptors (Lipinski definition) is 7. The van der Waals surface area contributed by atoms with Crippen molar-refractivity contribution in [2.24, 2.45) is 0 Å². The van der Waals surface area contributed by atoms with Crippen molar-refractivity contribution >= 4 is 29.4 Å². The number of ether oxygens (including phenoxy) is 1. The molecule has 1 N–H and O–H groups in total. The zero-order chi connectivity index (χ0) is 17.9. The van der Waals surface area contributed by atoms with Crippen LogP contribution >= 0.6 is 11.8 Å². The molecule has 2 rings (SSSR count). The number of thioether (sulfide) groups is 1. The minimum absolute atomic E-state index is 0.0266. The van der Waals surface area contributed by atoms with Gasteiger partial charge in [-0.1, -0.05) is 11.8 Å². The summed E-state index contributed by atoms with van der Waals surface area (Å²) in [6.07, 6.45) is 1.08. The predicted molar refractivity (Wildman–Crippen MR) is 90.0 cm³/mol.